The number of hydrogen-bond acceptors (Lipinski definition) is 2. The molecular weight excluding hydrogens is 238 g/mol. The summed E-state index contributed by atoms with van der Waals surface area (Å²) in [6.07, 6.45) is 0. The molecule has 0 bridgehead atoms. The van der Waals surface area contributed by atoms with Crippen molar-refractivity contribution in [1.82, 2.24) is 5.32 Å². The lowest BCUT2D eigenvalue weighted by molar-refractivity contribution is 0.589. The Bertz CT molecular complexity index is 526. The van der Waals surface area contributed by atoms with Gasteiger partial charge in [-0.15, -0.1) is 11.3 Å². The molecule has 0 fully saturated rings. The number of nitrogens with one attached hydrogen (secondary N) is 1. The van der Waals surface area contributed by atoms with Crippen LogP contribution in [0.4, 0.5) is 0 Å². The topological polar surface area (TPSA) is 12.0 Å². The van der Waals surface area contributed by atoms with Gasteiger partial charge in [0, 0.05) is 17.5 Å². The Morgan fingerprint density at radius 3 is 2.56 bits per heavy atom. The van der Waals surface area contributed by atoms with Crippen LogP contribution in [-0.2, 0) is 6.54 Å². The van der Waals surface area contributed by atoms with E-state index in [1.54, 1.807) is 0 Å². The quantitative estimate of drug-likeness (QED) is 0.850. The maximum absolute atomic E-state index is 3.47. The molecule has 1 aromatic carbocycles. The number of thiophene rings is 1. The largest absolute Gasteiger partial charge is 0.310 e. The monoisotopic (exact) mass is 259 g/mol. The molecule has 0 aliphatic carbocycles. The van der Waals surface area contributed by atoms with E-state index in [0.29, 0.717) is 6.04 Å². The van der Waals surface area contributed by atoms with E-state index in [4.69, 9.17) is 0 Å². The molecule has 2 heteroatoms. The van der Waals surface area contributed by atoms with Gasteiger partial charge in [-0.05, 0) is 53.6 Å². The van der Waals surface area contributed by atoms with Crippen molar-refractivity contribution in [3.63, 3.8) is 0 Å². The molecule has 0 amide bonds. The Labute approximate surface area is 114 Å². The maximum atomic E-state index is 3.47. The van der Waals surface area contributed by atoms with Crippen LogP contribution in [0.3, 0.4) is 0 Å². The second kappa shape index (κ2) is 5.68. The number of hydrogen-bond donors (Lipinski definition) is 1. The summed E-state index contributed by atoms with van der Waals surface area (Å²) in [4.78, 5) is 1.37. The molecule has 0 atom stereocenters. The fourth-order valence-corrected chi connectivity index (χ4v) is 2.70. The molecule has 2 rings (SSSR count). The smallest absolute Gasteiger partial charge is 0.0208 e. The predicted molar refractivity (Wildman–Crippen MR) is 81.2 cm³/mol. The number of benzene rings is 1. The SMILES string of the molecule is Cc1cc(-c2cc(CNC(C)C)ccc2C)cs1. The van der Waals surface area contributed by atoms with Crippen LogP contribution in [0.25, 0.3) is 11.1 Å². The van der Waals surface area contributed by atoms with E-state index in [1.807, 2.05) is 11.3 Å². The van der Waals surface area contributed by atoms with Crippen molar-refractivity contribution in [2.45, 2.75) is 40.3 Å². The summed E-state index contributed by atoms with van der Waals surface area (Å²) in [5.41, 5.74) is 5.41. The molecule has 0 saturated carbocycles. The highest BCUT2D eigenvalue weighted by atomic mass is 32.1. The van der Waals surface area contributed by atoms with Crippen LogP contribution in [0.1, 0.15) is 29.9 Å². The zero-order valence-corrected chi connectivity index (χ0v) is 12.4. The molecule has 96 valence electrons. The first-order chi connectivity index (χ1) is 8.56. The van der Waals surface area contributed by atoms with E-state index in [1.165, 1.54) is 27.1 Å². The van der Waals surface area contributed by atoms with Gasteiger partial charge >= 0.3 is 0 Å². The summed E-state index contributed by atoms with van der Waals surface area (Å²) in [5.74, 6) is 0. The second-order valence-electron chi connectivity index (χ2n) is 5.13. The highest BCUT2D eigenvalue weighted by Crippen LogP contribution is 2.28. The highest BCUT2D eigenvalue weighted by Gasteiger charge is 2.05. The molecule has 1 heterocycles. The fraction of sp³-hybridized carbons (Fsp3) is 0.375. The Balaban J connectivity index is 2.27. The van der Waals surface area contributed by atoms with E-state index in [-0.39, 0.29) is 0 Å². The lowest BCUT2D eigenvalue weighted by atomic mass is 10.00. The fourth-order valence-electron chi connectivity index (χ4n) is 2.00. The molecule has 1 aromatic heterocycles. The molecule has 1 nitrogen and oxygen atoms in total. The average molecular weight is 259 g/mol. The molecule has 0 aliphatic rings. The van der Waals surface area contributed by atoms with Crippen LogP contribution in [0, 0.1) is 13.8 Å². The summed E-state index contributed by atoms with van der Waals surface area (Å²) < 4.78 is 0. The zero-order chi connectivity index (χ0) is 13.1. The van der Waals surface area contributed by atoms with Gasteiger partial charge in [-0.2, -0.15) is 0 Å². The first-order valence-corrected chi connectivity index (χ1v) is 7.32. The molecule has 18 heavy (non-hydrogen) atoms. The molecule has 2 aromatic rings. The average Bonchev–Trinajstić information content (AvgIpc) is 2.74. The number of rotatable bonds is 4. The van der Waals surface area contributed by atoms with E-state index < -0.39 is 0 Å². The minimum atomic E-state index is 0.526. The first-order valence-electron chi connectivity index (χ1n) is 6.44. The maximum Gasteiger partial charge on any atom is 0.0208 e. The normalized spacial score (nSPS) is 11.2. The van der Waals surface area contributed by atoms with Crippen molar-refractivity contribution in [1.29, 1.82) is 0 Å². The van der Waals surface area contributed by atoms with Gasteiger partial charge in [-0.25, -0.2) is 0 Å². The summed E-state index contributed by atoms with van der Waals surface area (Å²) in [5, 5.41) is 5.72. The van der Waals surface area contributed by atoms with Crippen molar-refractivity contribution in [2.75, 3.05) is 0 Å². The zero-order valence-electron chi connectivity index (χ0n) is 11.6. The summed E-state index contributed by atoms with van der Waals surface area (Å²) in [6, 6.07) is 9.55. The Kier molecular flexibility index (Phi) is 4.20. The van der Waals surface area contributed by atoms with Gasteiger partial charge in [0.05, 0.1) is 0 Å². The Morgan fingerprint density at radius 1 is 1.17 bits per heavy atom. The van der Waals surface area contributed by atoms with Crippen molar-refractivity contribution in [3.05, 3.63) is 45.6 Å². The molecule has 0 saturated heterocycles. The molecule has 0 radical (unpaired) electrons. The summed E-state index contributed by atoms with van der Waals surface area (Å²) >= 11 is 1.82. The molecule has 0 spiro atoms. The van der Waals surface area contributed by atoms with Crippen LogP contribution in [-0.4, -0.2) is 6.04 Å². The second-order valence-corrected chi connectivity index (χ2v) is 6.25. The van der Waals surface area contributed by atoms with Crippen LogP contribution in [0.5, 0.6) is 0 Å². The minimum Gasteiger partial charge on any atom is -0.310 e. The Morgan fingerprint density at radius 2 is 1.94 bits per heavy atom. The van der Waals surface area contributed by atoms with E-state index in [2.05, 4.69) is 62.7 Å². The summed E-state index contributed by atoms with van der Waals surface area (Å²) in [7, 11) is 0. The minimum absolute atomic E-state index is 0.526. The first kappa shape index (κ1) is 13.3. The van der Waals surface area contributed by atoms with E-state index in [0.717, 1.165) is 6.54 Å². The number of aryl methyl sites for hydroxylation is 2. The van der Waals surface area contributed by atoms with Gasteiger partial charge in [0.25, 0.3) is 0 Å². The van der Waals surface area contributed by atoms with E-state index >= 15 is 0 Å². The van der Waals surface area contributed by atoms with Crippen LogP contribution >= 0.6 is 11.3 Å². The van der Waals surface area contributed by atoms with Gasteiger partial charge in [0.15, 0.2) is 0 Å². The van der Waals surface area contributed by atoms with Crippen LogP contribution in [0.2, 0.25) is 0 Å². The lowest BCUT2D eigenvalue weighted by Crippen LogP contribution is -2.21. The van der Waals surface area contributed by atoms with Crippen molar-refractivity contribution < 1.29 is 0 Å². The van der Waals surface area contributed by atoms with Gasteiger partial charge in [0.1, 0.15) is 0 Å². The van der Waals surface area contributed by atoms with Crippen molar-refractivity contribution in [3.8, 4) is 11.1 Å². The van der Waals surface area contributed by atoms with Gasteiger partial charge in [-0.1, -0.05) is 26.0 Å². The molecular formula is C16H21NS. The van der Waals surface area contributed by atoms with Crippen LogP contribution < -0.4 is 5.32 Å². The molecule has 1 N–H and O–H groups in total. The van der Waals surface area contributed by atoms with Gasteiger partial charge in [0.2, 0.25) is 0 Å². The molecule has 0 aliphatic heterocycles. The third-order valence-corrected chi connectivity index (χ3v) is 3.92. The summed E-state index contributed by atoms with van der Waals surface area (Å²) in [6.45, 7) is 9.64. The van der Waals surface area contributed by atoms with Gasteiger partial charge < -0.3 is 5.32 Å². The lowest BCUT2D eigenvalue weighted by Gasteiger charge is -2.11. The third kappa shape index (κ3) is 3.21. The van der Waals surface area contributed by atoms with Gasteiger partial charge in [-0.3, -0.25) is 0 Å². The van der Waals surface area contributed by atoms with Crippen molar-refractivity contribution >= 4 is 11.3 Å². The van der Waals surface area contributed by atoms with Crippen molar-refractivity contribution in [2.24, 2.45) is 0 Å². The predicted octanol–water partition coefficient (Wildman–Crippen LogP) is 4.53. The molecule has 0 unspecified atom stereocenters. The highest BCUT2D eigenvalue weighted by molar-refractivity contribution is 7.10. The third-order valence-electron chi connectivity index (χ3n) is 3.06. The van der Waals surface area contributed by atoms with E-state index in [9.17, 15) is 0 Å². The van der Waals surface area contributed by atoms with Crippen LogP contribution in [0.15, 0.2) is 29.6 Å². The Hall–Kier alpha value is -1.12. The standard InChI is InChI=1S/C16H21NS/c1-11(2)17-9-14-6-5-12(3)16(8-14)15-7-13(4)18-10-15/h5-8,10-11,17H,9H2,1-4H3.